The van der Waals surface area contributed by atoms with E-state index in [1.54, 1.807) is 6.33 Å². The number of carbonyl (C=O) groups is 1. The zero-order valence-electron chi connectivity index (χ0n) is 17.8. The van der Waals surface area contributed by atoms with Crippen LogP contribution < -0.4 is 10.6 Å². The van der Waals surface area contributed by atoms with Gasteiger partial charge in [-0.25, -0.2) is 4.98 Å². The molecule has 1 aliphatic heterocycles. The summed E-state index contributed by atoms with van der Waals surface area (Å²) < 4.78 is 14.2. The third-order valence-corrected chi connectivity index (χ3v) is 5.77. The van der Waals surface area contributed by atoms with Crippen LogP contribution in [0.3, 0.4) is 0 Å². The third-order valence-electron chi connectivity index (χ3n) is 5.77. The molecule has 1 aliphatic rings. The van der Waals surface area contributed by atoms with E-state index in [9.17, 15) is 9.90 Å². The summed E-state index contributed by atoms with van der Waals surface area (Å²) in [7, 11) is -0.436. The van der Waals surface area contributed by atoms with Crippen molar-refractivity contribution in [2.24, 2.45) is 0 Å². The summed E-state index contributed by atoms with van der Waals surface area (Å²) in [6.07, 6.45) is 0.564. The van der Waals surface area contributed by atoms with Gasteiger partial charge in [-0.05, 0) is 66.1 Å². The fourth-order valence-corrected chi connectivity index (χ4v) is 3.29. The van der Waals surface area contributed by atoms with Gasteiger partial charge >= 0.3 is 7.12 Å². The van der Waals surface area contributed by atoms with Crippen LogP contribution in [-0.2, 0) is 15.9 Å². The first kappa shape index (κ1) is 20.7. The van der Waals surface area contributed by atoms with Gasteiger partial charge in [0.1, 0.15) is 6.09 Å². The molecule has 0 radical (unpaired) electrons. The molecule has 1 aromatic heterocycles. The molecule has 2 heterocycles. The van der Waals surface area contributed by atoms with Gasteiger partial charge in [-0.1, -0.05) is 6.07 Å². The van der Waals surface area contributed by atoms with Gasteiger partial charge in [0.15, 0.2) is 0 Å². The van der Waals surface area contributed by atoms with E-state index >= 15 is 0 Å². The summed E-state index contributed by atoms with van der Waals surface area (Å²) in [5.41, 5.74) is 1.37. The fourth-order valence-electron chi connectivity index (χ4n) is 3.29. The molecule has 0 spiro atoms. The molecule has 28 heavy (non-hydrogen) atoms. The molecule has 1 fully saturated rings. The molecule has 7 nitrogen and oxygen atoms in total. The standard InChI is InChI=1S/C20H30BN3O4/c1-18(2,3)24(17(25)26)11-10-23-13-22-15-12-14(8-9-16(15)23)21-27-19(4,5)20(6,7)28-21/h8-9,12-13H,10-11H2,1-7H3,(H,25,26)/p-1. The molecule has 0 unspecified atom stereocenters. The van der Waals surface area contributed by atoms with Crippen molar-refractivity contribution >= 4 is 29.7 Å². The Morgan fingerprint density at radius 2 is 1.82 bits per heavy atom. The van der Waals surface area contributed by atoms with Gasteiger partial charge < -0.3 is 28.7 Å². The molecule has 1 aromatic carbocycles. The van der Waals surface area contributed by atoms with E-state index < -0.39 is 30.0 Å². The Hall–Kier alpha value is -2.06. The lowest BCUT2D eigenvalue weighted by molar-refractivity contribution is -0.270. The van der Waals surface area contributed by atoms with E-state index in [4.69, 9.17) is 9.31 Å². The van der Waals surface area contributed by atoms with Crippen molar-refractivity contribution in [2.45, 2.75) is 71.8 Å². The van der Waals surface area contributed by atoms with Crippen molar-refractivity contribution in [3.8, 4) is 0 Å². The van der Waals surface area contributed by atoms with E-state index in [1.807, 2.05) is 71.2 Å². The minimum atomic E-state index is -1.17. The summed E-state index contributed by atoms with van der Waals surface area (Å²) in [6, 6.07) is 5.92. The lowest BCUT2D eigenvalue weighted by atomic mass is 9.79. The maximum atomic E-state index is 11.4. The molecular weight excluding hydrogens is 357 g/mol. The van der Waals surface area contributed by atoms with Crippen LogP contribution in [0.1, 0.15) is 48.5 Å². The normalized spacial score (nSPS) is 18.6. The molecule has 0 aliphatic carbocycles. The van der Waals surface area contributed by atoms with Crippen molar-refractivity contribution < 1.29 is 19.2 Å². The van der Waals surface area contributed by atoms with Crippen molar-refractivity contribution in [3.63, 3.8) is 0 Å². The van der Waals surface area contributed by atoms with Crippen LogP contribution in [0.25, 0.3) is 11.0 Å². The highest BCUT2D eigenvalue weighted by Crippen LogP contribution is 2.36. The Morgan fingerprint density at radius 3 is 2.36 bits per heavy atom. The number of amides is 1. The minimum Gasteiger partial charge on any atom is -0.530 e. The summed E-state index contributed by atoms with van der Waals surface area (Å²) in [4.78, 5) is 17.2. The number of carbonyl (C=O) groups excluding carboxylic acids is 1. The Bertz CT molecular complexity index is 869. The zero-order chi connectivity index (χ0) is 20.9. The van der Waals surface area contributed by atoms with E-state index in [-0.39, 0.29) is 0 Å². The summed E-state index contributed by atoms with van der Waals surface area (Å²) in [6.45, 7) is 14.5. The third kappa shape index (κ3) is 3.75. The van der Waals surface area contributed by atoms with Gasteiger partial charge in [-0.15, -0.1) is 0 Å². The Kier molecular flexibility index (Phi) is 5.00. The average Bonchev–Trinajstić information content (AvgIpc) is 3.03. The van der Waals surface area contributed by atoms with Crippen molar-refractivity contribution in [2.75, 3.05) is 6.54 Å². The minimum absolute atomic E-state index is 0.330. The first-order valence-electron chi connectivity index (χ1n) is 9.61. The number of carboxylic acid groups (broad SMARTS) is 1. The topological polar surface area (TPSA) is 79.7 Å². The van der Waals surface area contributed by atoms with Crippen LogP contribution in [-0.4, -0.2) is 50.9 Å². The number of imidazole rings is 1. The molecule has 0 N–H and O–H groups in total. The number of rotatable bonds is 4. The lowest BCUT2D eigenvalue weighted by Crippen LogP contribution is -2.52. The second-order valence-corrected chi connectivity index (χ2v) is 9.36. The predicted molar refractivity (Wildman–Crippen MR) is 107 cm³/mol. The van der Waals surface area contributed by atoms with Gasteiger partial charge in [-0.2, -0.15) is 0 Å². The molecule has 0 bridgehead atoms. The summed E-state index contributed by atoms with van der Waals surface area (Å²) in [5, 5.41) is 11.4. The smallest absolute Gasteiger partial charge is 0.494 e. The maximum absolute atomic E-state index is 11.4. The monoisotopic (exact) mass is 386 g/mol. The quantitative estimate of drug-likeness (QED) is 0.749. The molecule has 1 saturated heterocycles. The van der Waals surface area contributed by atoms with Crippen molar-refractivity contribution in [1.82, 2.24) is 14.5 Å². The Morgan fingerprint density at radius 1 is 1.21 bits per heavy atom. The molecular formula is C20H29BN3O4-. The number of aromatic nitrogens is 2. The van der Waals surface area contributed by atoms with Crippen LogP contribution in [0.5, 0.6) is 0 Å². The van der Waals surface area contributed by atoms with E-state index in [1.165, 1.54) is 4.90 Å². The van der Waals surface area contributed by atoms with Crippen LogP contribution in [0, 0.1) is 0 Å². The largest absolute Gasteiger partial charge is 0.530 e. The lowest BCUT2D eigenvalue weighted by Gasteiger charge is -2.38. The highest BCUT2D eigenvalue weighted by atomic mass is 16.7. The average molecular weight is 386 g/mol. The van der Waals surface area contributed by atoms with Gasteiger partial charge in [0.2, 0.25) is 0 Å². The summed E-state index contributed by atoms with van der Waals surface area (Å²) >= 11 is 0. The maximum Gasteiger partial charge on any atom is 0.494 e. The van der Waals surface area contributed by atoms with Gasteiger partial charge in [0.05, 0.1) is 28.6 Å². The van der Waals surface area contributed by atoms with Crippen molar-refractivity contribution in [3.05, 3.63) is 24.5 Å². The van der Waals surface area contributed by atoms with Crippen LogP contribution in [0.15, 0.2) is 24.5 Å². The van der Waals surface area contributed by atoms with Crippen molar-refractivity contribution in [1.29, 1.82) is 0 Å². The number of hydrogen-bond acceptors (Lipinski definition) is 5. The highest BCUT2D eigenvalue weighted by Gasteiger charge is 2.51. The number of hydrogen-bond donors (Lipinski definition) is 0. The van der Waals surface area contributed by atoms with E-state index in [2.05, 4.69) is 4.98 Å². The fraction of sp³-hybridized carbons (Fsp3) is 0.600. The Labute approximate surface area is 166 Å². The first-order valence-corrected chi connectivity index (χ1v) is 9.61. The molecule has 1 amide bonds. The molecule has 2 aromatic rings. The Balaban J connectivity index is 1.79. The number of fused-ring (bicyclic) bond motifs is 1. The highest BCUT2D eigenvalue weighted by molar-refractivity contribution is 6.62. The van der Waals surface area contributed by atoms with Crippen LogP contribution >= 0.6 is 0 Å². The molecule has 3 rings (SSSR count). The number of nitrogens with zero attached hydrogens (tertiary/aromatic N) is 3. The van der Waals surface area contributed by atoms with Gasteiger partial charge in [-0.3, -0.25) is 0 Å². The predicted octanol–water partition coefficient (Wildman–Crippen LogP) is 1.78. The molecule has 0 saturated carbocycles. The van der Waals surface area contributed by atoms with Crippen LogP contribution in [0.4, 0.5) is 4.79 Å². The van der Waals surface area contributed by atoms with Crippen LogP contribution in [0.2, 0.25) is 0 Å². The van der Waals surface area contributed by atoms with E-state index in [0.717, 1.165) is 16.5 Å². The molecule has 0 atom stereocenters. The number of benzene rings is 1. The second-order valence-electron chi connectivity index (χ2n) is 9.36. The van der Waals surface area contributed by atoms with Gasteiger partial charge in [0.25, 0.3) is 0 Å². The summed E-state index contributed by atoms with van der Waals surface area (Å²) in [5.74, 6) is 0. The second kappa shape index (κ2) is 6.78. The SMILES string of the molecule is CC(C)(C)N(CCn1cnc2cc(B3OC(C)(C)C(C)(C)O3)ccc21)C(=O)[O-]. The van der Waals surface area contributed by atoms with E-state index in [0.29, 0.717) is 13.1 Å². The zero-order valence-corrected chi connectivity index (χ0v) is 17.8. The molecule has 152 valence electrons. The first-order chi connectivity index (χ1) is 12.8. The van der Waals surface area contributed by atoms with Gasteiger partial charge in [0, 0.05) is 18.6 Å². The molecule has 8 heteroatoms.